The molecule has 1 rings (SSSR count). The fourth-order valence-corrected chi connectivity index (χ4v) is 3.07. The highest BCUT2D eigenvalue weighted by Gasteiger charge is 2.23. The topological polar surface area (TPSA) is 66.4 Å². The van der Waals surface area contributed by atoms with E-state index in [0.717, 1.165) is 24.3 Å². The van der Waals surface area contributed by atoms with E-state index in [2.05, 4.69) is 5.32 Å². The van der Waals surface area contributed by atoms with Gasteiger partial charge in [-0.15, -0.1) is 0 Å². The van der Waals surface area contributed by atoms with Crippen molar-refractivity contribution in [3.05, 3.63) is 0 Å². The van der Waals surface area contributed by atoms with Crippen LogP contribution in [0.15, 0.2) is 0 Å². The lowest BCUT2D eigenvalue weighted by molar-refractivity contribution is -0.142. The lowest BCUT2D eigenvalue weighted by Gasteiger charge is -2.23. The zero-order chi connectivity index (χ0) is 12.8. The van der Waals surface area contributed by atoms with Crippen molar-refractivity contribution in [1.29, 1.82) is 0 Å². The van der Waals surface area contributed by atoms with Gasteiger partial charge in [0, 0.05) is 12.5 Å². The Labute approximate surface area is 107 Å². The Hall–Kier alpha value is -0.710. The molecule has 98 valence electrons. The van der Waals surface area contributed by atoms with Gasteiger partial charge in [0.05, 0.1) is 5.92 Å². The Balaban J connectivity index is 2.30. The van der Waals surface area contributed by atoms with Crippen LogP contribution < -0.4 is 5.32 Å². The summed E-state index contributed by atoms with van der Waals surface area (Å²) in [4.78, 5) is 22.5. The van der Waals surface area contributed by atoms with Gasteiger partial charge in [0.1, 0.15) is 0 Å². The zero-order valence-corrected chi connectivity index (χ0v) is 11.3. The molecule has 1 amide bonds. The lowest BCUT2D eigenvalue weighted by atomic mass is 9.97. The summed E-state index contributed by atoms with van der Waals surface area (Å²) in [5.74, 6) is 1.33. The minimum Gasteiger partial charge on any atom is -0.481 e. The van der Waals surface area contributed by atoms with Crippen LogP contribution in [0.1, 0.15) is 33.1 Å². The van der Waals surface area contributed by atoms with Crippen LogP contribution in [0.2, 0.25) is 0 Å². The summed E-state index contributed by atoms with van der Waals surface area (Å²) in [7, 11) is 0. The van der Waals surface area contributed by atoms with Gasteiger partial charge in [-0.2, -0.15) is 11.8 Å². The van der Waals surface area contributed by atoms with E-state index in [1.807, 2.05) is 11.8 Å². The quantitative estimate of drug-likeness (QED) is 0.789. The first kappa shape index (κ1) is 14.4. The number of carbonyl (C=O) groups is 2. The molecule has 0 radical (unpaired) electrons. The van der Waals surface area contributed by atoms with Crippen LogP contribution in [0.3, 0.4) is 0 Å². The van der Waals surface area contributed by atoms with E-state index >= 15 is 0 Å². The molecule has 0 aliphatic carbocycles. The molecule has 0 aromatic heterocycles. The Morgan fingerprint density at radius 2 is 1.94 bits per heavy atom. The first-order valence-electron chi connectivity index (χ1n) is 6.10. The fraction of sp³-hybridized carbons (Fsp3) is 0.833. The molecule has 2 N–H and O–H groups in total. The average Bonchev–Trinajstić information content (AvgIpc) is 2.28. The number of thioether (sulfide) groups is 1. The molecule has 5 heteroatoms. The molecule has 2 atom stereocenters. The minimum atomic E-state index is -0.869. The van der Waals surface area contributed by atoms with Crippen molar-refractivity contribution in [1.82, 2.24) is 5.32 Å². The molecule has 0 aromatic carbocycles. The highest BCUT2D eigenvalue weighted by atomic mass is 32.2. The second-order valence-corrected chi connectivity index (χ2v) is 5.97. The summed E-state index contributed by atoms with van der Waals surface area (Å²) >= 11 is 1.94. The van der Waals surface area contributed by atoms with Gasteiger partial charge in [-0.1, -0.05) is 0 Å². The molecule has 0 bridgehead atoms. The first-order valence-corrected chi connectivity index (χ1v) is 7.26. The van der Waals surface area contributed by atoms with Crippen LogP contribution in [0.25, 0.3) is 0 Å². The number of rotatable bonds is 5. The van der Waals surface area contributed by atoms with E-state index in [0.29, 0.717) is 12.3 Å². The van der Waals surface area contributed by atoms with Crippen LogP contribution in [0.4, 0.5) is 0 Å². The standard InChI is InChI=1S/C12H21NO3S/c1-8(12(15)16)9(2)13-11(14)7-10-3-5-17-6-4-10/h8-10H,3-7H2,1-2H3,(H,13,14)(H,15,16). The Kier molecular flexibility index (Phi) is 5.82. The van der Waals surface area contributed by atoms with E-state index in [1.165, 1.54) is 0 Å². The van der Waals surface area contributed by atoms with Crippen molar-refractivity contribution in [2.75, 3.05) is 11.5 Å². The Bertz CT molecular complexity index is 277. The molecule has 0 saturated carbocycles. The summed E-state index contributed by atoms with van der Waals surface area (Å²) in [5.41, 5.74) is 0. The van der Waals surface area contributed by atoms with Crippen molar-refractivity contribution in [3.63, 3.8) is 0 Å². The maximum absolute atomic E-state index is 11.7. The predicted molar refractivity (Wildman–Crippen MR) is 69.1 cm³/mol. The average molecular weight is 259 g/mol. The van der Waals surface area contributed by atoms with Crippen molar-refractivity contribution in [3.8, 4) is 0 Å². The monoisotopic (exact) mass is 259 g/mol. The van der Waals surface area contributed by atoms with Crippen molar-refractivity contribution in [2.24, 2.45) is 11.8 Å². The Morgan fingerprint density at radius 1 is 1.35 bits per heavy atom. The summed E-state index contributed by atoms with van der Waals surface area (Å²) in [6.45, 7) is 3.36. The third kappa shape index (κ3) is 4.98. The second-order valence-electron chi connectivity index (χ2n) is 4.74. The van der Waals surface area contributed by atoms with Crippen molar-refractivity contribution in [2.45, 2.75) is 39.2 Å². The highest BCUT2D eigenvalue weighted by Crippen LogP contribution is 2.25. The van der Waals surface area contributed by atoms with Crippen LogP contribution in [0, 0.1) is 11.8 Å². The molecular formula is C12H21NO3S. The molecule has 1 heterocycles. The normalized spacial score (nSPS) is 20.6. The summed E-state index contributed by atoms with van der Waals surface area (Å²) in [5, 5.41) is 11.6. The summed E-state index contributed by atoms with van der Waals surface area (Å²) in [6, 6.07) is -0.307. The maximum Gasteiger partial charge on any atom is 0.308 e. The van der Waals surface area contributed by atoms with Gasteiger partial charge < -0.3 is 10.4 Å². The van der Waals surface area contributed by atoms with Gasteiger partial charge >= 0.3 is 5.97 Å². The number of carboxylic acid groups (broad SMARTS) is 1. The largest absolute Gasteiger partial charge is 0.481 e. The smallest absolute Gasteiger partial charge is 0.308 e. The predicted octanol–water partition coefficient (Wildman–Crippen LogP) is 1.75. The minimum absolute atomic E-state index is 0.0116. The van der Waals surface area contributed by atoms with Gasteiger partial charge in [0.2, 0.25) is 5.91 Å². The van der Waals surface area contributed by atoms with Crippen molar-refractivity contribution < 1.29 is 14.7 Å². The Morgan fingerprint density at radius 3 is 2.47 bits per heavy atom. The van der Waals surface area contributed by atoms with Gasteiger partial charge in [-0.05, 0) is 44.1 Å². The first-order chi connectivity index (χ1) is 8.00. The van der Waals surface area contributed by atoms with Gasteiger partial charge in [-0.25, -0.2) is 0 Å². The van der Waals surface area contributed by atoms with Gasteiger partial charge in [-0.3, -0.25) is 9.59 Å². The SMILES string of the molecule is CC(NC(=O)CC1CCSCC1)C(C)C(=O)O. The van der Waals surface area contributed by atoms with Crippen molar-refractivity contribution >= 4 is 23.6 Å². The molecule has 0 aromatic rings. The van der Waals surface area contributed by atoms with E-state index in [9.17, 15) is 9.59 Å². The van der Waals surface area contributed by atoms with Gasteiger partial charge in [0.25, 0.3) is 0 Å². The van der Waals surface area contributed by atoms with Gasteiger partial charge in [0.15, 0.2) is 0 Å². The van der Waals surface area contributed by atoms with E-state index in [4.69, 9.17) is 5.11 Å². The zero-order valence-electron chi connectivity index (χ0n) is 10.4. The molecule has 1 saturated heterocycles. The van der Waals surface area contributed by atoms with Crippen LogP contribution in [-0.4, -0.2) is 34.5 Å². The number of carboxylic acids is 1. The van der Waals surface area contributed by atoms with Crippen LogP contribution in [-0.2, 0) is 9.59 Å². The van der Waals surface area contributed by atoms with Crippen LogP contribution in [0.5, 0.6) is 0 Å². The number of nitrogens with one attached hydrogen (secondary N) is 1. The molecule has 17 heavy (non-hydrogen) atoms. The number of aliphatic carboxylic acids is 1. The molecule has 2 unspecified atom stereocenters. The highest BCUT2D eigenvalue weighted by molar-refractivity contribution is 7.99. The molecule has 1 aliphatic heterocycles. The number of amides is 1. The molecule has 1 fully saturated rings. The fourth-order valence-electron chi connectivity index (χ4n) is 1.86. The van der Waals surface area contributed by atoms with Crippen LogP contribution >= 0.6 is 11.8 Å². The third-order valence-corrected chi connectivity index (χ3v) is 4.39. The summed E-state index contributed by atoms with van der Waals surface area (Å²) in [6.07, 6.45) is 2.74. The number of carbonyl (C=O) groups excluding carboxylic acids is 1. The summed E-state index contributed by atoms with van der Waals surface area (Å²) < 4.78 is 0. The number of hydrogen-bond acceptors (Lipinski definition) is 3. The third-order valence-electron chi connectivity index (χ3n) is 3.34. The van der Waals surface area contributed by atoms with E-state index in [1.54, 1.807) is 13.8 Å². The second kappa shape index (κ2) is 6.89. The van der Waals surface area contributed by atoms with E-state index in [-0.39, 0.29) is 11.9 Å². The maximum atomic E-state index is 11.7. The molecule has 4 nitrogen and oxygen atoms in total. The van der Waals surface area contributed by atoms with E-state index < -0.39 is 11.9 Å². The molecular weight excluding hydrogens is 238 g/mol. The molecule has 1 aliphatic rings. The number of hydrogen-bond donors (Lipinski definition) is 2. The molecule has 0 spiro atoms. The lowest BCUT2D eigenvalue weighted by Crippen LogP contribution is -2.40.